The first-order valence-corrected chi connectivity index (χ1v) is 4.20. The van der Waals surface area contributed by atoms with Crippen LogP contribution in [0.25, 0.3) is 0 Å². The summed E-state index contributed by atoms with van der Waals surface area (Å²) in [5, 5.41) is 8.43. The number of imidazole rings is 1. The Morgan fingerprint density at radius 3 is 3.08 bits per heavy atom. The molecular formula is C9H14N3O+. The van der Waals surface area contributed by atoms with Crippen LogP contribution < -0.4 is 4.57 Å². The molecular weight excluding hydrogens is 166 g/mol. The molecule has 0 amide bonds. The molecule has 0 saturated heterocycles. The first-order valence-electron chi connectivity index (χ1n) is 4.20. The minimum atomic E-state index is 0.544. The van der Waals surface area contributed by atoms with E-state index in [0.717, 1.165) is 12.4 Å². The average Bonchev–Trinajstić information content (AvgIpc) is 2.46. The Hall–Kier alpha value is -1.34. The van der Waals surface area contributed by atoms with E-state index in [1.807, 2.05) is 28.5 Å². The molecule has 1 rings (SSSR count). The van der Waals surface area contributed by atoms with Crippen LogP contribution in [0.2, 0.25) is 0 Å². The Balaban J connectivity index is 2.69. The third-order valence-electron chi connectivity index (χ3n) is 1.99. The predicted octanol–water partition coefficient (Wildman–Crippen LogP) is 0.602. The van der Waals surface area contributed by atoms with Crippen molar-refractivity contribution in [1.82, 2.24) is 4.57 Å². The van der Waals surface area contributed by atoms with Crippen LogP contribution in [-0.4, -0.2) is 11.7 Å². The third-order valence-corrected chi connectivity index (χ3v) is 1.99. The fourth-order valence-electron chi connectivity index (χ4n) is 1.22. The van der Waals surface area contributed by atoms with Gasteiger partial charge >= 0.3 is 0 Å². The number of aromatic nitrogens is 2. The maximum absolute atomic E-state index is 8.43. The van der Waals surface area contributed by atoms with Crippen LogP contribution in [0.1, 0.15) is 12.2 Å². The van der Waals surface area contributed by atoms with Gasteiger partial charge < -0.3 is 4.74 Å². The molecule has 0 spiro atoms. The Morgan fingerprint density at radius 1 is 1.69 bits per heavy atom. The molecule has 0 aliphatic heterocycles. The second-order valence-corrected chi connectivity index (χ2v) is 2.83. The monoisotopic (exact) mass is 180 g/mol. The van der Waals surface area contributed by atoms with E-state index in [9.17, 15) is 0 Å². The van der Waals surface area contributed by atoms with Crippen molar-refractivity contribution in [1.29, 1.82) is 5.26 Å². The molecule has 0 radical (unpaired) electrons. The largest absolute Gasteiger partial charge is 0.345 e. The number of hydrogen-bond donors (Lipinski definition) is 0. The van der Waals surface area contributed by atoms with Crippen molar-refractivity contribution in [3.05, 3.63) is 18.2 Å². The van der Waals surface area contributed by atoms with E-state index in [1.54, 1.807) is 7.11 Å². The van der Waals surface area contributed by atoms with E-state index in [2.05, 4.69) is 6.07 Å². The zero-order valence-corrected chi connectivity index (χ0v) is 8.03. The van der Waals surface area contributed by atoms with Crippen LogP contribution in [0.5, 0.6) is 0 Å². The van der Waals surface area contributed by atoms with E-state index >= 15 is 0 Å². The molecule has 1 aromatic heterocycles. The van der Waals surface area contributed by atoms with Crippen molar-refractivity contribution < 1.29 is 9.30 Å². The molecule has 70 valence electrons. The van der Waals surface area contributed by atoms with Gasteiger partial charge in [-0.05, 0) is 0 Å². The highest BCUT2D eigenvalue weighted by Gasteiger charge is 2.10. The number of hydrogen-bond acceptors (Lipinski definition) is 2. The van der Waals surface area contributed by atoms with Gasteiger partial charge in [-0.15, -0.1) is 0 Å². The maximum Gasteiger partial charge on any atom is 0.255 e. The van der Waals surface area contributed by atoms with Gasteiger partial charge in [0, 0.05) is 14.0 Å². The summed E-state index contributed by atoms with van der Waals surface area (Å²) in [5.74, 6) is 1.11. The number of methoxy groups -OCH3 is 1. The summed E-state index contributed by atoms with van der Waals surface area (Å²) in [4.78, 5) is 0. The van der Waals surface area contributed by atoms with Gasteiger partial charge in [-0.2, -0.15) is 5.26 Å². The summed E-state index contributed by atoms with van der Waals surface area (Å²) < 4.78 is 9.05. The molecule has 0 aromatic carbocycles. The molecule has 0 N–H and O–H groups in total. The SMILES string of the molecule is COC[n+]1ccn(CCC#N)c1C. The topological polar surface area (TPSA) is 41.8 Å². The summed E-state index contributed by atoms with van der Waals surface area (Å²) in [5.41, 5.74) is 0. The second kappa shape index (κ2) is 4.63. The summed E-state index contributed by atoms with van der Waals surface area (Å²) in [7, 11) is 1.67. The standard InChI is InChI=1S/C9H14N3O/c1-9-11(5-3-4-10)6-7-12(9)8-13-2/h6-7H,3,5,8H2,1-2H3/q+1. The molecule has 0 bridgehead atoms. The van der Waals surface area contributed by atoms with Gasteiger partial charge in [0.15, 0.2) is 6.73 Å². The molecule has 0 aliphatic carbocycles. The number of nitriles is 1. The highest BCUT2D eigenvalue weighted by molar-refractivity contribution is 4.81. The lowest BCUT2D eigenvalue weighted by atomic mass is 10.4. The van der Waals surface area contributed by atoms with Gasteiger partial charge in [0.2, 0.25) is 0 Å². The Bertz CT molecular complexity index is 311. The van der Waals surface area contributed by atoms with Crippen molar-refractivity contribution in [2.24, 2.45) is 0 Å². The molecule has 1 aromatic rings. The predicted molar refractivity (Wildman–Crippen MR) is 46.6 cm³/mol. The normalized spacial score (nSPS) is 9.92. The quantitative estimate of drug-likeness (QED) is 0.637. The molecule has 4 nitrogen and oxygen atoms in total. The van der Waals surface area contributed by atoms with Gasteiger partial charge in [-0.1, -0.05) is 0 Å². The van der Waals surface area contributed by atoms with Gasteiger partial charge in [-0.25, -0.2) is 9.13 Å². The van der Waals surface area contributed by atoms with Crippen molar-refractivity contribution in [2.45, 2.75) is 26.6 Å². The molecule has 0 fully saturated rings. The van der Waals surface area contributed by atoms with E-state index in [0.29, 0.717) is 13.2 Å². The van der Waals surface area contributed by atoms with Gasteiger partial charge in [-0.3, -0.25) is 0 Å². The lowest BCUT2D eigenvalue weighted by Crippen LogP contribution is -2.36. The summed E-state index contributed by atoms with van der Waals surface area (Å²) in [6.45, 7) is 3.32. The van der Waals surface area contributed by atoms with Crippen molar-refractivity contribution in [2.75, 3.05) is 7.11 Å². The van der Waals surface area contributed by atoms with Gasteiger partial charge in [0.05, 0.1) is 12.5 Å². The van der Waals surface area contributed by atoms with Crippen LogP contribution in [0.4, 0.5) is 0 Å². The molecule has 1 heterocycles. The van der Waals surface area contributed by atoms with E-state index < -0.39 is 0 Å². The van der Waals surface area contributed by atoms with Crippen LogP contribution in [-0.2, 0) is 18.0 Å². The van der Waals surface area contributed by atoms with Crippen molar-refractivity contribution in [3.63, 3.8) is 0 Å². The van der Waals surface area contributed by atoms with E-state index in [4.69, 9.17) is 10.00 Å². The third kappa shape index (κ3) is 2.30. The number of nitrogens with zero attached hydrogens (tertiary/aromatic N) is 3. The Kier molecular flexibility index (Phi) is 3.47. The van der Waals surface area contributed by atoms with Crippen molar-refractivity contribution in [3.8, 4) is 6.07 Å². The zero-order valence-electron chi connectivity index (χ0n) is 8.03. The molecule has 0 atom stereocenters. The summed E-state index contributed by atoms with van der Waals surface area (Å²) in [6.07, 6.45) is 4.46. The molecule has 0 aliphatic rings. The second-order valence-electron chi connectivity index (χ2n) is 2.83. The highest BCUT2D eigenvalue weighted by Crippen LogP contribution is 1.95. The minimum Gasteiger partial charge on any atom is -0.345 e. The Morgan fingerprint density at radius 2 is 2.46 bits per heavy atom. The fraction of sp³-hybridized carbons (Fsp3) is 0.556. The maximum atomic E-state index is 8.43. The van der Waals surface area contributed by atoms with Crippen LogP contribution in [0.3, 0.4) is 0 Å². The Labute approximate surface area is 78.0 Å². The first-order chi connectivity index (χ1) is 6.29. The van der Waals surface area contributed by atoms with E-state index in [-0.39, 0.29) is 0 Å². The number of rotatable bonds is 4. The molecule has 0 unspecified atom stereocenters. The average molecular weight is 180 g/mol. The molecule has 13 heavy (non-hydrogen) atoms. The van der Waals surface area contributed by atoms with Gasteiger partial charge in [0.25, 0.3) is 5.82 Å². The van der Waals surface area contributed by atoms with Crippen LogP contribution in [0.15, 0.2) is 12.4 Å². The van der Waals surface area contributed by atoms with Crippen LogP contribution in [0, 0.1) is 18.3 Å². The number of aryl methyl sites for hydroxylation is 1. The molecule has 0 saturated carbocycles. The highest BCUT2D eigenvalue weighted by atomic mass is 16.5. The smallest absolute Gasteiger partial charge is 0.255 e. The van der Waals surface area contributed by atoms with Crippen molar-refractivity contribution >= 4 is 0 Å². The number of ether oxygens (including phenoxy) is 1. The van der Waals surface area contributed by atoms with E-state index in [1.165, 1.54) is 0 Å². The summed E-state index contributed by atoms with van der Waals surface area (Å²) >= 11 is 0. The first kappa shape index (κ1) is 9.75. The van der Waals surface area contributed by atoms with Gasteiger partial charge in [0.1, 0.15) is 18.9 Å². The summed E-state index contributed by atoms with van der Waals surface area (Å²) in [6, 6.07) is 2.12. The van der Waals surface area contributed by atoms with Crippen LogP contribution >= 0.6 is 0 Å². The lowest BCUT2D eigenvalue weighted by molar-refractivity contribution is -0.736. The lowest BCUT2D eigenvalue weighted by Gasteiger charge is -1.97. The minimum absolute atomic E-state index is 0.544. The zero-order chi connectivity index (χ0) is 9.68. The fourth-order valence-corrected chi connectivity index (χ4v) is 1.22. The molecule has 4 heteroatoms.